The van der Waals surface area contributed by atoms with E-state index in [9.17, 15) is 10.5 Å². The zero-order valence-corrected chi connectivity index (χ0v) is 29.5. The molecule has 0 saturated heterocycles. The van der Waals surface area contributed by atoms with Crippen molar-refractivity contribution in [3.63, 3.8) is 0 Å². The lowest BCUT2D eigenvalue weighted by atomic mass is 9.99. The summed E-state index contributed by atoms with van der Waals surface area (Å²) < 4.78 is 6.78. The fourth-order valence-corrected chi connectivity index (χ4v) is 8.76. The van der Waals surface area contributed by atoms with Crippen LogP contribution in [0.1, 0.15) is 11.1 Å². The van der Waals surface area contributed by atoms with Crippen molar-refractivity contribution in [2.24, 2.45) is 0 Å². The van der Waals surface area contributed by atoms with Gasteiger partial charge in [-0.05, 0) is 83.9 Å². The molecule has 8 aromatic carbocycles. The Hall–Kier alpha value is -7.86. The molecule has 0 unspecified atom stereocenters. The van der Waals surface area contributed by atoms with Gasteiger partial charge in [-0.2, -0.15) is 10.5 Å². The second kappa shape index (κ2) is 11.8. The highest BCUT2D eigenvalue weighted by Gasteiger charge is 2.19. The summed E-state index contributed by atoms with van der Waals surface area (Å²) in [5.74, 6) is 0. The van der Waals surface area contributed by atoms with Crippen LogP contribution in [0.25, 0.3) is 93.6 Å². The number of para-hydroxylation sites is 5. The third-order valence-electron chi connectivity index (χ3n) is 11.1. The Labute approximate surface area is 316 Å². The van der Waals surface area contributed by atoms with E-state index in [1.165, 1.54) is 21.8 Å². The molecule has 0 aliphatic rings. The van der Waals surface area contributed by atoms with Crippen LogP contribution in [0.2, 0.25) is 0 Å². The molecule has 5 heteroatoms. The second-order valence-electron chi connectivity index (χ2n) is 14.0. The molecule has 0 atom stereocenters. The topological polar surface area (TPSA) is 62.4 Å². The molecule has 11 rings (SSSR count). The molecule has 0 bridgehead atoms. The van der Waals surface area contributed by atoms with Gasteiger partial charge in [-0.15, -0.1) is 0 Å². The van der Waals surface area contributed by atoms with Gasteiger partial charge >= 0.3 is 0 Å². The average molecular weight is 700 g/mol. The maximum atomic E-state index is 10.5. The molecule has 0 amide bonds. The summed E-state index contributed by atoms with van der Waals surface area (Å²) in [6.45, 7) is 0. The Morgan fingerprint density at radius 3 is 1.38 bits per heavy atom. The normalized spacial score (nSPS) is 11.6. The van der Waals surface area contributed by atoms with Crippen LogP contribution in [0.15, 0.2) is 176 Å². The first kappa shape index (κ1) is 30.7. The standard InChI is InChI=1S/C50H29N5/c51-30-33-10-9-15-43-41-13-3-8-19-48(41)55(50(33)43)35-22-20-32(21-23-35)38-26-24-36(28-34(38)31-52)53-47-18-7-4-14-42(47)44-29-37(25-27-49(44)53)54-45-16-5-1-11-39(45)40-12-2-6-17-46(40)54/h1-29H. The van der Waals surface area contributed by atoms with Crippen LogP contribution in [0.3, 0.4) is 0 Å². The van der Waals surface area contributed by atoms with Crippen molar-refractivity contribution in [3.05, 3.63) is 187 Å². The Morgan fingerprint density at radius 2 is 0.782 bits per heavy atom. The summed E-state index contributed by atoms with van der Waals surface area (Å²) in [5.41, 5.74) is 12.5. The van der Waals surface area contributed by atoms with Gasteiger partial charge in [-0.3, -0.25) is 0 Å². The summed E-state index contributed by atoms with van der Waals surface area (Å²) in [5, 5.41) is 27.5. The minimum Gasteiger partial charge on any atom is -0.309 e. The Bertz CT molecular complexity index is 3400. The van der Waals surface area contributed by atoms with Gasteiger partial charge < -0.3 is 13.7 Å². The number of fused-ring (bicyclic) bond motifs is 9. The van der Waals surface area contributed by atoms with Crippen molar-refractivity contribution in [2.45, 2.75) is 0 Å². The van der Waals surface area contributed by atoms with Gasteiger partial charge in [-0.1, -0.05) is 103 Å². The second-order valence-corrected chi connectivity index (χ2v) is 14.0. The number of rotatable bonds is 4. The average Bonchev–Trinajstić information content (AvgIpc) is 3.89. The van der Waals surface area contributed by atoms with E-state index in [2.05, 4.69) is 171 Å². The third-order valence-corrected chi connectivity index (χ3v) is 11.1. The van der Waals surface area contributed by atoms with E-state index < -0.39 is 0 Å². The molecule has 5 nitrogen and oxygen atoms in total. The highest BCUT2D eigenvalue weighted by atomic mass is 15.0. The molecule has 11 aromatic rings. The van der Waals surface area contributed by atoms with E-state index in [0.717, 1.165) is 71.8 Å². The van der Waals surface area contributed by atoms with E-state index in [1.807, 2.05) is 30.3 Å². The van der Waals surface area contributed by atoms with Gasteiger partial charge in [0.15, 0.2) is 0 Å². The van der Waals surface area contributed by atoms with E-state index in [1.54, 1.807) is 0 Å². The predicted molar refractivity (Wildman–Crippen MR) is 224 cm³/mol. The quantitative estimate of drug-likeness (QED) is 0.184. The predicted octanol–water partition coefficient (Wildman–Crippen LogP) is 12.4. The van der Waals surface area contributed by atoms with Gasteiger partial charge in [0.1, 0.15) is 6.07 Å². The molecular formula is C50H29N5. The zero-order valence-electron chi connectivity index (χ0n) is 29.5. The smallest absolute Gasteiger partial charge is 0.101 e. The lowest BCUT2D eigenvalue weighted by Crippen LogP contribution is -1.98. The molecule has 0 spiro atoms. The third kappa shape index (κ3) is 4.45. The molecule has 0 saturated carbocycles. The molecule has 0 N–H and O–H groups in total. The summed E-state index contributed by atoms with van der Waals surface area (Å²) in [7, 11) is 0. The van der Waals surface area contributed by atoms with Crippen molar-refractivity contribution in [1.29, 1.82) is 10.5 Å². The monoisotopic (exact) mass is 699 g/mol. The first-order valence-corrected chi connectivity index (χ1v) is 18.3. The molecule has 0 fully saturated rings. The SMILES string of the molecule is N#Cc1cc(-n2c3ccccc3c3cc(-n4c5ccccc5c5ccccc54)ccc32)ccc1-c1ccc(-n2c3ccccc3c3cccc(C#N)c32)cc1. The first-order valence-electron chi connectivity index (χ1n) is 18.3. The number of benzene rings is 8. The van der Waals surface area contributed by atoms with Crippen LogP contribution in [0, 0.1) is 22.7 Å². The van der Waals surface area contributed by atoms with Gasteiger partial charge in [0, 0.05) is 49.4 Å². The Kier molecular flexibility index (Phi) is 6.61. The van der Waals surface area contributed by atoms with Crippen LogP contribution in [0.4, 0.5) is 0 Å². The molecule has 254 valence electrons. The van der Waals surface area contributed by atoms with E-state index in [0.29, 0.717) is 11.1 Å². The number of nitriles is 2. The number of hydrogen-bond acceptors (Lipinski definition) is 2. The fourth-order valence-electron chi connectivity index (χ4n) is 8.76. The summed E-state index contributed by atoms with van der Waals surface area (Å²) >= 11 is 0. The maximum absolute atomic E-state index is 10.5. The van der Waals surface area contributed by atoms with E-state index in [4.69, 9.17) is 0 Å². The van der Waals surface area contributed by atoms with E-state index in [-0.39, 0.29) is 0 Å². The Balaban J connectivity index is 1.03. The van der Waals surface area contributed by atoms with Gasteiger partial charge in [-0.25, -0.2) is 0 Å². The van der Waals surface area contributed by atoms with Crippen molar-refractivity contribution in [3.8, 4) is 40.3 Å². The molecule has 3 aromatic heterocycles. The van der Waals surface area contributed by atoms with Gasteiger partial charge in [0.2, 0.25) is 0 Å². The molecule has 0 radical (unpaired) electrons. The largest absolute Gasteiger partial charge is 0.309 e. The van der Waals surface area contributed by atoms with Crippen LogP contribution in [-0.4, -0.2) is 13.7 Å². The van der Waals surface area contributed by atoms with Crippen LogP contribution < -0.4 is 0 Å². The molecule has 55 heavy (non-hydrogen) atoms. The van der Waals surface area contributed by atoms with Gasteiger partial charge in [0.25, 0.3) is 0 Å². The molecular weight excluding hydrogens is 671 g/mol. The minimum absolute atomic E-state index is 0.599. The number of nitrogens with zero attached hydrogens (tertiary/aromatic N) is 5. The summed E-state index contributed by atoms with van der Waals surface area (Å²) in [6, 6.07) is 65.9. The van der Waals surface area contributed by atoms with Crippen molar-refractivity contribution in [2.75, 3.05) is 0 Å². The lowest BCUT2D eigenvalue weighted by molar-refractivity contribution is 1.16. The lowest BCUT2D eigenvalue weighted by Gasteiger charge is -2.13. The van der Waals surface area contributed by atoms with Crippen molar-refractivity contribution >= 4 is 65.4 Å². The molecule has 0 aliphatic heterocycles. The number of hydrogen-bond donors (Lipinski definition) is 0. The Morgan fingerprint density at radius 1 is 0.327 bits per heavy atom. The maximum Gasteiger partial charge on any atom is 0.101 e. The van der Waals surface area contributed by atoms with Crippen LogP contribution in [-0.2, 0) is 0 Å². The van der Waals surface area contributed by atoms with Crippen molar-refractivity contribution < 1.29 is 0 Å². The van der Waals surface area contributed by atoms with Crippen LogP contribution in [0.5, 0.6) is 0 Å². The number of aromatic nitrogens is 3. The highest BCUT2D eigenvalue weighted by molar-refractivity contribution is 6.13. The van der Waals surface area contributed by atoms with E-state index >= 15 is 0 Å². The summed E-state index contributed by atoms with van der Waals surface area (Å²) in [4.78, 5) is 0. The van der Waals surface area contributed by atoms with Crippen LogP contribution >= 0.6 is 0 Å². The zero-order chi connectivity index (χ0) is 36.6. The highest BCUT2D eigenvalue weighted by Crippen LogP contribution is 2.39. The first-order chi connectivity index (χ1) is 27.2. The van der Waals surface area contributed by atoms with Crippen molar-refractivity contribution in [1.82, 2.24) is 13.7 Å². The molecule has 3 heterocycles. The minimum atomic E-state index is 0.599. The summed E-state index contributed by atoms with van der Waals surface area (Å²) in [6.07, 6.45) is 0. The molecule has 0 aliphatic carbocycles. The fraction of sp³-hybridized carbons (Fsp3) is 0. The van der Waals surface area contributed by atoms with Gasteiger partial charge in [0.05, 0.1) is 50.3 Å².